The Bertz CT molecular complexity index is 695. The highest BCUT2D eigenvalue weighted by Gasteiger charge is 2.14. The van der Waals surface area contributed by atoms with Gasteiger partial charge in [-0.1, -0.05) is 18.2 Å². The summed E-state index contributed by atoms with van der Waals surface area (Å²) in [6, 6.07) is 10.4. The van der Waals surface area contributed by atoms with Crippen LogP contribution in [0.5, 0.6) is 0 Å². The molecule has 0 saturated carbocycles. The fraction of sp³-hybridized carbons (Fsp3) is 0.0714. The van der Waals surface area contributed by atoms with Crippen LogP contribution in [0, 0.1) is 6.92 Å². The van der Waals surface area contributed by atoms with E-state index in [1.807, 2.05) is 13.0 Å². The van der Waals surface area contributed by atoms with E-state index >= 15 is 0 Å². The number of amides is 2. The number of carbonyl (C=O) groups is 2. The van der Waals surface area contributed by atoms with Gasteiger partial charge in [0.25, 0.3) is 11.8 Å². The quantitative estimate of drug-likeness (QED) is 0.758. The van der Waals surface area contributed by atoms with Crippen LogP contribution in [0.1, 0.15) is 25.6 Å². The average molecular weight is 319 g/mol. The number of benzene rings is 1. The summed E-state index contributed by atoms with van der Waals surface area (Å²) >= 11 is 6.42. The summed E-state index contributed by atoms with van der Waals surface area (Å²) in [6.07, 6.45) is 0. The summed E-state index contributed by atoms with van der Waals surface area (Å²) in [4.78, 5) is 24.2. The molecule has 4 N–H and O–H groups in total. The summed E-state index contributed by atoms with van der Waals surface area (Å²) in [5.74, 6) is -0.860. The molecule has 7 heteroatoms. The molecule has 1 heterocycles. The zero-order chi connectivity index (χ0) is 15.4. The first kappa shape index (κ1) is 15.1. The second-order valence-corrected chi connectivity index (χ2v) is 5.90. The van der Waals surface area contributed by atoms with Crippen molar-refractivity contribution in [2.45, 2.75) is 6.92 Å². The van der Waals surface area contributed by atoms with Gasteiger partial charge >= 0.3 is 0 Å². The number of nitrogens with two attached hydrogens (primary N) is 1. The molecule has 5 nitrogen and oxygen atoms in total. The molecule has 1 aromatic heterocycles. The number of aryl methyl sites for hydroxylation is 1. The zero-order valence-corrected chi connectivity index (χ0v) is 12.8. The van der Waals surface area contributed by atoms with Gasteiger partial charge in [0.1, 0.15) is 5.00 Å². The van der Waals surface area contributed by atoms with Gasteiger partial charge < -0.3 is 11.1 Å². The van der Waals surface area contributed by atoms with Crippen molar-refractivity contribution in [2.24, 2.45) is 5.73 Å². The Morgan fingerprint density at radius 2 is 1.90 bits per heavy atom. The molecular weight excluding hydrogens is 306 g/mol. The predicted octanol–water partition coefficient (Wildman–Crippen LogP) is 2.28. The van der Waals surface area contributed by atoms with Gasteiger partial charge in [0.05, 0.1) is 5.56 Å². The molecule has 0 aliphatic heterocycles. The lowest BCUT2D eigenvalue weighted by molar-refractivity contribution is 0.0975. The zero-order valence-electron chi connectivity index (χ0n) is 11.2. The first-order chi connectivity index (χ1) is 9.97. The first-order valence-electron chi connectivity index (χ1n) is 6.05. The number of hydrogen-bond acceptors (Lipinski definition) is 4. The number of thiocarbonyl (C=S) groups is 1. The number of anilines is 1. The van der Waals surface area contributed by atoms with Gasteiger partial charge in [-0.05, 0) is 37.3 Å². The third kappa shape index (κ3) is 3.87. The number of nitrogens with one attached hydrogen (secondary N) is 2. The lowest BCUT2D eigenvalue weighted by Crippen LogP contribution is -2.34. The molecule has 108 valence electrons. The summed E-state index contributed by atoms with van der Waals surface area (Å²) in [7, 11) is 0. The molecule has 0 saturated heterocycles. The Morgan fingerprint density at radius 3 is 2.52 bits per heavy atom. The van der Waals surface area contributed by atoms with Gasteiger partial charge in [0.2, 0.25) is 0 Å². The van der Waals surface area contributed by atoms with Crippen LogP contribution in [-0.2, 0) is 0 Å². The molecule has 2 aromatic rings. The molecule has 0 spiro atoms. The van der Waals surface area contributed by atoms with Crippen molar-refractivity contribution in [1.29, 1.82) is 0 Å². The van der Waals surface area contributed by atoms with Gasteiger partial charge in [-0.2, -0.15) is 0 Å². The van der Waals surface area contributed by atoms with Crippen LogP contribution in [0.3, 0.4) is 0 Å². The van der Waals surface area contributed by atoms with Crippen LogP contribution < -0.4 is 16.4 Å². The molecule has 2 amide bonds. The van der Waals surface area contributed by atoms with Crippen molar-refractivity contribution >= 4 is 45.5 Å². The van der Waals surface area contributed by atoms with Crippen LogP contribution in [0.25, 0.3) is 0 Å². The fourth-order valence-corrected chi connectivity index (χ4v) is 2.87. The number of thiophene rings is 1. The van der Waals surface area contributed by atoms with Crippen LogP contribution in [0.4, 0.5) is 5.00 Å². The molecule has 21 heavy (non-hydrogen) atoms. The van der Waals surface area contributed by atoms with E-state index in [0.717, 1.165) is 4.88 Å². The Morgan fingerprint density at radius 1 is 1.24 bits per heavy atom. The van der Waals surface area contributed by atoms with E-state index in [0.29, 0.717) is 16.1 Å². The summed E-state index contributed by atoms with van der Waals surface area (Å²) in [5.41, 5.74) is 6.15. The molecule has 1 aromatic carbocycles. The molecule has 0 atom stereocenters. The normalized spacial score (nSPS) is 9.95. The maximum atomic E-state index is 11.9. The van der Waals surface area contributed by atoms with Crippen LogP contribution in [0.15, 0.2) is 36.4 Å². The number of rotatable bonds is 3. The highest BCUT2D eigenvalue weighted by Crippen LogP contribution is 2.27. The van der Waals surface area contributed by atoms with Crippen molar-refractivity contribution < 1.29 is 9.59 Å². The van der Waals surface area contributed by atoms with E-state index in [9.17, 15) is 9.59 Å². The van der Waals surface area contributed by atoms with Crippen LogP contribution in [0.2, 0.25) is 0 Å². The number of primary amides is 1. The minimum atomic E-state index is -0.543. The van der Waals surface area contributed by atoms with Crippen molar-refractivity contribution in [3.8, 4) is 0 Å². The lowest BCUT2D eigenvalue weighted by atomic mass is 10.2. The summed E-state index contributed by atoms with van der Waals surface area (Å²) < 4.78 is 0. The smallest absolute Gasteiger partial charge is 0.257 e. The Balaban J connectivity index is 2.06. The third-order valence-corrected chi connectivity index (χ3v) is 3.78. The van der Waals surface area contributed by atoms with E-state index in [1.54, 1.807) is 30.3 Å². The number of carbonyl (C=O) groups excluding carboxylic acids is 2. The van der Waals surface area contributed by atoms with Crippen molar-refractivity contribution in [1.82, 2.24) is 5.32 Å². The fourth-order valence-electron chi connectivity index (χ4n) is 1.69. The van der Waals surface area contributed by atoms with E-state index < -0.39 is 5.91 Å². The Labute approximate surface area is 131 Å². The molecule has 0 radical (unpaired) electrons. The molecule has 0 aliphatic rings. The topological polar surface area (TPSA) is 84.2 Å². The molecule has 0 bridgehead atoms. The second-order valence-electron chi connectivity index (χ2n) is 4.24. The maximum Gasteiger partial charge on any atom is 0.257 e. The van der Waals surface area contributed by atoms with Crippen molar-refractivity contribution in [2.75, 3.05) is 5.32 Å². The van der Waals surface area contributed by atoms with Crippen LogP contribution >= 0.6 is 23.6 Å². The summed E-state index contributed by atoms with van der Waals surface area (Å²) in [6.45, 7) is 1.86. The van der Waals surface area contributed by atoms with E-state index in [4.69, 9.17) is 18.0 Å². The molecule has 0 aliphatic carbocycles. The second kappa shape index (κ2) is 6.47. The first-order valence-corrected chi connectivity index (χ1v) is 7.27. The molecule has 0 fully saturated rings. The molecular formula is C14H13N3O2S2. The summed E-state index contributed by atoms with van der Waals surface area (Å²) in [5, 5.41) is 6.03. The van der Waals surface area contributed by atoms with Gasteiger partial charge in [0, 0.05) is 10.4 Å². The Hall–Kier alpha value is -2.25. The molecule has 2 rings (SSSR count). The SMILES string of the molecule is Cc1cc(C(N)=O)c(NC(=S)NC(=O)c2ccccc2)s1. The minimum Gasteiger partial charge on any atom is -0.366 e. The van der Waals surface area contributed by atoms with E-state index in [1.165, 1.54) is 11.3 Å². The van der Waals surface area contributed by atoms with Gasteiger partial charge in [-0.3, -0.25) is 14.9 Å². The van der Waals surface area contributed by atoms with Gasteiger partial charge in [0.15, 0.2) is 5.11 Å². The standard InChI is InChI=1S/C14H13N3O2S2/c1-8-7-10(11(15)18)13(21-8)17-14(20)16-12(19)9-5-3-2-4-6-9/h2-7H,1H3,(H2,15,18)(H2,16,17,19,20). The largest absolute Gasteiger partial charge is 0.366 e. The average Bonchev–Trinajstić information content (AvgIpc) is 2.80. The molecule has 0 unspecified atom stereocenters. The third-order valence-electron chi connectivity index (χ3n) is 2.61. The van der Waals surface area contributed by atoms with Gasteiger partial charge in [-0.15, -0.1) is 11.3 Å². The highest BCUT2D eigenvalue weighted by atomic mass is 32.1. The lowest BCUT2D eigenvalue weighted by Gasteiger charge is -2.09. The maximum absolute atomic E-state index is 11.9. The number of hydrogen-bond donors (Lipinski definition) is 3. The Kier molecular flexibility index (Phi) is 4.66. The predicted molar refractivity (Wildman–Crippen MR) is 87.7 cm³/mol. The van der Waals surface area contributed by atoms with Crippen LogP contribution in [-0.4, -0.2) is 16.9 Å². The van der Waals surface area contributed by atoms with E-state index in [-0.39, 0.29) is 11.0 Å². The van der Waals surface area contributed by atoms with E-state index in [2.05, 4.69) is 10.6 Å². The highest BCUT2D eigenvalue weighted by molar-refractivity contribution is 7.80. The minimum absolute atomic E-state index is 0.119. The van der Waals surface area contributed by atoms with Gasteiger partial charge in [-0.25, -0.2) is 0 Å². The monoisotopic (exact) mass is 319 g/mol. The van der Waals surface area contributed by atoms with Crippen molar-refractivity contribution in [3.63, 3.8) is 0 Å². The van der Waals surface area contributed by atoms with Crippen molar-refractivity contribution in [3.05, 3.63) is 52.4 Å².